The van der Waals surface area contributed by atoms with E-state index in [1.165, 1.54) is 0 Å². The molecule has 2 amide bonds. The van der Waals surface area contributed by atoms with Crippen molar-refractivity contribution in [3.8, 4) is 5.69 Å². The average Bonchev–Trinajstić information content (AvgIpc) is 3.09. The Kier molecular flexibility index (Phi) is 5.11. The second kappa shape index (κ2) is 7.63. The predicted octanol–water partition coefficient (Wildman–Crippen LogP) is 2.53. The molecule has 3 aromatic rings. The number of carbonyl (C=O) groups is 2. The van der Waals surface area contributed by atoms with Crippen LogP contribution >= 0.6 is 11.6 Å². The fourth-order valence-electron chi connectivity index (χ4n) is 2.20. The summed E-state index contributed by atoms with van der Waals surface area (Å²) in [7, 11) is 0. The van der Waals surface area contributed by atoms with Gasteiger partial charge >= 0.3 is 0 Å². The van der Waals surface area contributed by atoms with Gasteiger partial charge in [-0.25, -0.2) is 4.68 Å². The maximum atomic E-state index is 12.0. The molecule has 0 unspecified atom stereocenters. The fraction of sp³-hybridized carbons (Fsp3) is 0.0556. The Balaban J connectivity index is 1.54. The number of nitrogens with zero attached hydrogens (tertiary/aromatic N) is 2. The van der Waals surface area contributed by atoms with Crippen LogP contribution in [0.25, 0.3) is 5.69 Å². The zero-order valence-corrected chi connectivity index (χ0v) is 13.9. The van der Waals surface area contributed by atoms with Crippen molar-refractivity contribution in [2.45, 2.75) is 6.42 Å². The fourth-order valence-corrected chi connectivity index (χ4v) is 2.33. The van der Waals surface area contributed by atoms with Crippen molar-refractivity contribution in [2.75, 3.05) is 0 Å². The Morgan fingerprint density at radius 1 is 1.00 bits per heavy atom. The van der Waals surface area contributed by atoms with E-state index in [1.807, 2.05) is 30.3 Å². The van der Waals surface area contributed by atoms with E-state index in [4.69, 9.17) is 11.6 Å². The third kappa shape index (κ3) is 4.45. The van der Waals surface area contributed by atoms with Crippen LogP contribution in [0.2, 0.25) is 5.02 Å². The Labute approximate surface area is 149 Å². The van der Waals surface area contributed by atoms with Crippen molar-refractivity contribution in [2.24, 2.45) is 0 Å². The van der Waals surface area contributed by atoms with Gasteiger partial charge in [0.2, 0.25) is 5.91 Å². The lowest BCUT2D eigenvalue weighted by Gasteiger charge is -2.06. The molecular formula is C18H15ClN4O2. The summed E-state index contributed by atoms with van der Waals surface area (Å²) in [5.41, 5.74) is 6.80. The number of hydrogen-bond acceptors (Lipinski definition) is 3. The second-order valence-corrected chi connectivity index (χ2v) is 5.75. The van der Waals surface area contributed by atoms with E-state index in [0.717, 1.165) is 11.3 Å². The van der Waals surface area contributed by atoms with Crippen molar-refractivity contribution in [1.82, 2.24) is 20.6 Å². The number of rotatable bonds is 4. The number of para-hydroxylation sites is 1. The quantitative estimate of drug-likeness (QED) is 0.707. The van der Waals surface area contributed by atoms with Gasteiger partial charge in [-0.15, -0.1) is 0 Å². The predicted molar refractivity (Wildman–Crippen MR) is 94.3 cm³/mol. The number of carbonyl (C=O) groups excluding carboxylic acids is 2. The molecule has 0 aliphatic rings. The SMILES string of the molecule is O=C(Cc1cnn(-c2ccccc2)c1)NNC(=O)c1ccc(Cl)cc1. The molecule has 2 aromatic carbocycles. The van der Waals surface area contributed by atoms with Crippen molar-refractivity contribution in [3.63, 3.8) is 0 Å². The van der Waals surface area contributed by atoms with E-state index in [9.17, 15) is 9.59 Å². The van der Waals surface area contributed by atoms with Crippen LogP contribution in [-0.4, -0.2) is 21.6 Å². The highest BCUT2D eigenvalue weighted by Crippen LogP contribution is 2.09. The first kappa shape index (κ1) is 16.7. The molecule has 126 valence electrons. The van der Waals surface area contributed by atoms with E-state index in [2.05, 4.69) is 16.0 Å². The maximum Gasteiger partial charge on any atom is 0.269 e. The molecule has 1 heterocycles. The van der Waals surface area contributed by atoms with E-state index in [1.54, 1.807) is 41.3 Å². The second-order valence-electron chi connectivity index (χ2n) is 5.31. The van der Waals surface area contributed by atoms with E-state index < -0.39 is 5.91 Å². The molecule has 0 saturated heterocycles. The molecule has 0 radical (unpaired) electrons. The van der Waals surface area contributed by atoms with Crippen LogP contribution in [-0.2, 0) is 11.2 Å². The number of aromatic nitrogens is 2. The van der Waals surface area contributed by atoms with Crippen molar-refractivity contribution in [3.05, 3.63) is 83.1 Å². The Morgan fingerprint density at radius 3 is 2.44 bits per heavy atom. The number of halogens is 1. The highest BCUT2D eigenvalue weighted by atomic mass is 35.5. The van der Waals surface area contributed by atoms with Gasteiger partial charge in [0.25, 0.3) is 5.91 Å². The van der Waals surface area contributed by atoms with Crippen LogP contribution in [0, 0.1) is 0 Å². The highest BCUT2D eigenvalue weighted by molar-refractivity contribution is 6.30. The van der Waals surface area contributed by atoms with Crippen LogP contribution in [0.4, 0.5) is 0 Å². The number of hydrogen-bond donors (Lipinski definition) is 2. The monoisotopic (exact) mass is 354 g/mol. The molecule has 6 nitrogen and oxygen atoms in total. The van der Waals surface area contributed by atoms with Gasteiger partial charge in [-0.2, -0.15) is 5.10 Å². The molecule has 0 aliphatic heterocycles. The minimum atomic E-state index is -0.412. The van der Waals surface area contributed by atoms with E-state index in [0.29, 0.717) is 10.6 Å². The third-order valence-electron chi connectivity index (χ3n) is 3.44. The van der Waals surface area contributed by atoms with Crippen LogP contribution in [0.1, 0.15) is 15.9 Å². The number of nitrogens with one attached hydrogen (secondary N) is 2. The van der Waals surface area contributed by atoms with E-state index in [-0.39, 0.29) is 12.3 Å². The summed E-state index contributed by atoms with van der Waals surface area (Å²) in [5.74, 6) is -0.750. The summed E-state index contributed by atoms with van der Waals surface area (Å²) < 4.78 is 1.69. The van der Waals surface area contributed by atoms with Crippen LogP contribution < -0.4 is 10.9 Å². The minimum absolute atomic E-state index is 0.105. The van der Waals surface area contributed by atoms with Gasteiger partial charge in [0, 0.05) is 16.8 Å². The maximum absolute atomic E-state index is 12.0. The van der Waals surface area contributed by atoms with Gasteiger partial charge in [-0.05, 0) is 42.0 Å². The van der Waals surface area contributed by atoms with Crippen molar-refractivity contribution in [1.29, 1.82) is 0 Å². The molecule has 7 heteroatoms. The molecule has 3 rings (SSSR count). The minimum Gasteiger partial charge on any atom is -0.273 e. The van der Waals surface area contributed by atoms with Crippen LogP contribution in [0.5, 0.6) is 0 Å². The Morgan fingerprint density at radius 2 is 1.72 bits per heavy atom. The summed E-state index contributed by atoms with van der Waals surface area (Å²) in [6.07, 6.45) is 3.50. The summed E-state index contributed by atoms with van der Waals surface area (Å²) in [4.78, 5) is 23.9. The number of hydrazine groups is 1. The van der Waals surface area contributed by atoms with Crippen LogP contribution in [0.15, 0.2) is 67.0 Å². The summed E-state index contributed by atoms with van der Waals surface area (Å²) >= 11 is 5.77. The topological polar surface area (TPSA) is 76.0 Å². The summed E-state index contributed by atoms with van der Waals surface area (Å²) in [6, 6.07) is 16.0. The molecular weight excluding hydrogens is 340 g/mol. The molecule has 25 heavy (non-hydrogen) atoms. The van der Waals surface area contributed by atoms with Crippen molar-refractivity contribution < 1.29 is 9.59 Å². The summed E-state index contributed by atoms with van der Waals surface area (Å²) in [6.45, 7) is 0. The third-order valence-corrected chi connectivity index (χ3v) is 3.70. The molecule has 0 bridgehead atoms. The Bertz CT molecular complexity index is 876. The normalized spacial score (nSPS) is 10.3. The van der Waals surface area contributed by atoms with Gasteiger partial charge in [-0.3, -0.25) is 20.4 Å². The average molecular weight is 355 g/mol. The highest BCUT2D eigenvalue weighted by Gasteiger charge is 2.09. The molecule has 0 spiro atoms. The number of amides is 2. The van der Waals surface area contributed by atoms with Gasteiger partial charge in [0.05, 0.1) is 18.3 Å². The lowest BCUT2D eigenvalue weighted by Crippen LogP contribution is -2.42. The first-order valence-corrected chi connectivity index (χ1v) is 7.93. The summed E-state index contributed by atoms with van der Waals surface area (Å²) in [5, 5.41) is 4.77. The van der Waals surface area contributed by atoms with Gasteiger partial charge in [0.15, 0.2) is 0 Å². The molecule has 2 N–H and O–H groups in total. The standard InChI is InChI=1S/C18H15ClN4O2/c19-15-8-6-14(7-9-15)18(25)22-21-17(24)10-13-11-20-23(12-13)16-4-2-1-3-5-16/h1-9,11-12H,10H2,(H,21,24)(H,22,25). The molecule has 1 aromatic heterocycles. The lowest BCUT2D eigenvalue weighted by molar-refractivity contribution is -0.121. The van der Waals surface area contributed by atoms with Crippen molar-refractivity contribution >= 4 is 23.4 Å². The molecule has 0 aliphatic carbocycles. The largest absolute Gasteiger partial charge is 0.273 e. The molecule has 0 fully saturated rings. The first-order valence-electron chi connectivity index (χ1n) is 7.55. The zero-order chi connectivity index (χ0) is 17.6. The lowest BCUT2D eigenvalue weighted by atomic mass is 10.2. The smallest absolute Gasteiger partial charge is 0.269 e. The first-order chi connectivity index (χ1) is 12.1. The van der Waals surface area contributed by atoms with Crippen LogP contribution in [0.3, 0.4) is 0 Å². The zero-order valence-electron chi connectivity index (χ0n) is 13.1. The van der Waals surface area contributed by atoms with Gasteiger partial charge in [0.1, 0.15) is 0 Å². The molecule has 0 saturated carbocycles. The van der Waals surface area contributed by atoms with Gasteiger partial charge < -0.3 is 0 Å². The molecule has 0 atom stereocenters. The van der Waals surface area contributed by atoms with E-state index >= 15 is 0 Å². The van der Waals surface area contributed by atoms with Gasteiger partial charge in [-0.1, -0.05) is 29.8 Å². The Hall–Kier alpha value is -3.12. The number of benzene rings is 2.